The first kappa shape index (κ1) is 27.8. The number of hydrogen-bond acceptors (Lipinski definition) is 7. The number of hydrogen-bond donors (Lipinski definition) is 2. The van der Waals surface area contributed by atoms with E-state index in [-0.39, 0.29) is 30.3 Å². The molecule has 11 heteroatoms. The highest BCUT2D eigenvalue weighted by molar-refractivity contribution is 5.90. The van der Waals surface area contributed by atoms with E-state index in [1.54, 1.807) is 25.7 Å². The van der Waals surface area contributed by atoms with Crippen molar-refractivity contribution in [2.24, 2.45) is 34.0 Å². The van der Waals surface area contributed by atoms with Crippen LogP contribution in [0.5, 0.6) is 0 Å². The van der Waals surface area contributed by atoms with Crippen LogP contribution in [0.3, 0.4) is 0 Å². The SMILES string of the molecule is CC(C)(C)OC(=O)N1C[C@H]2C(=O)N[C@H](C(=O)O)[C@H](OCC34CCC(CC3)OC4)C3[C@H](C(=O)N4CC2(C1)C4)C3(C)C. The summed E-state index contributed by atoms with van der Waals surface area (Å²) in [5, 5.41) is 13.2. The molecule has 11 nitrogen and oxygen atoms in total. The molecule has 8 rings (SSSR count). The normalized spacial score (nSPS) is 39.3. The summed E-state index contributed by atoms with van der Waals surface area (Å²) in [5.74, 6) is -3.03. The molecule has 0 aromatic heterocycles. The van der Waals surface area contributed by atoms with Gasteiger partial charge >= 0.3 is 12.1 Å². The molecule has 8 aliphatic rings. The van der Waals surface area contributed by atoms with Crippen molar-refractivity contribution in [3.63, 3.8) is 0 Å². The van der Waals surface area contributed by atoms with Crippen LogP contribution in [0.25, 0.3) is 0 Å². The average molecular weight is 562 g/mol. The van der Waals surface area contributed by atoms with E-state index in [0.717, 1.165) is 25.7 Å². The summed E-state index contributed by atoms with van der Waals surface area (Å²) < 4.78 is 18.0. The predicted molar refractivity (Wildman–Crippen MR) is 141 cm³/mol. The minimum Gasteiger partial charge on any atom is -0.480 e. The van der Waals surface area contributed by atoms with Crippen LogP contribution in [0, 0.1) is 34.0 Å². The Balaban J connectivity index is 1.28. The fourth-order valence-corrected chi connectivity index (χ4v) is 8.16. The van der Waals surface area contributed by atoms with E-state index in [9.17, 15) is 24.3 Å². The second-order valence-corrected chi connectivity index (χ2v) is 14.9. The summed E-state index contributed by atoms with van der Waals surface area (Å²) in [4.78, 5) is 56.6. The highest BCUT2D eigenvalue weighted by Crippen LogP contribution is 2.63. The summed E-state index contributed by atoms with van der Waals surface area (Å²) in [5.41, 5.74) is -1.97. The minimum atomic E-state index is -1.32. The van der Waals surface area contributed by atoms with E-state index in [1.807, 2.05) is 13.8 Å². The molecule has 6 saturated heterocycles. The summed E-state index contributed by atoms with van der Waals surface area (Å²) in [6.45, 7) is 11.3. The second-order valence-electron chi connectivity index (χ2n) is 14.9. The summed E-state index contributed by atoms with van der Waals surface area (Å²) in [6.07, 6.45) is 2.78. The molecule has 1 spiro atoms. The molecule has 222 valence electrons. The van der Waals surface area contributed by atoms with Crippen molar-refractivity contribution in [3.8, 4) is 0 Å². The van der Waals surface area contributed by atoms with Gasteiger partial charge in [0, 0.05) is 48.8 Å². The Morgan fingerprint density at radius 1 is 1.12 bits per heavy atom. The zero-order valence-corrected chi connectivity index (χ0v) is 24.2. The third kappa shape index (κ3) is 4.47. The first-order valence-corrected chi connectivity index (χ1v) is 14.7. The number of ether oxygens (including phenoxy) is 3. The van der Waals surface area contributed by atoms with Gasteiger partial charge in [0.15, 0.2) is 6.04 Å². The lowest BCUT2D eigenvalue weighted by Crippen LogP contribution is -2.65. The van der Waals surface area contributed by atoms with Gasteiger partial charge in [-0.1, -0.05) is 13.8 Å². The van der Waals surface area contributed by atoms with Crippen LogP contribution in [0.1, 0.15) is 60.3 Å². The molecule has 4 bridgehead atoms. The minimum absolute atomic E-state index is 0.0261. The van der Waals surface area contributed by atoms with E-state index in [1.165, 1.54) is 4.90 Å². The van der Waals surface area contributed by atoms with Gasteiger partial charge in [-0.05, 0) is 51.9 Å². The van der Waals surface area contributed by atoms with Gasteiger partial charge in [0.2, 0.25) is 11.8 Å². The molecule has 2 aliphatic carbocycles. The molecule has 5 atom stereocenters. The number of rotatable bonds is 4. The molecule has 3 amide bonds. The largest absolute Gasteiger partial charge is 0.480 e. The van der Waals surface area contributed by atoms with Crippen molar-refractivity contribution in [2.75, 3.05) is 39.4 Å². The van der Waals surface area contributed by atoms with Gasteiger partial charge < -0.3 is 34.4 Å². The van der Waals surface area contributed by atoms with Crippen molar-refractivity contribution in [1.82, 2.24) is 15.1 Å². The molecule has 8 fully saturated rings. The first-order valence-electron chi connectivity index (χ1n) is 14.7. The van der Waals surface area contributed by atoms with Crippen LogP contribution in [-0.2, 0) is 28.6 Å². The van der Waals surface area contributed by atoms with Crippen LogP contribution in [-0.4, -0.2) is 102 Å². The van der Waals surface area contributed by atoms with Gasteiger partial charge in [0.05, 0.1) is 31.3 Å². The number of fused-ring (bicyclic) bond motifs is 6. The van der Waals surface area contributed by atoms with Gasteiger partial charge in [0.25, 0.3) is 0 Å². The van der Waals surface area contributed by atoms with Crippen molar-refractivity contribution in [1.29, 1.82) is 0 Å². The Bertz CT molecular complexity index is 1090. The number of nitrogens with zero attached hydrogens (tertiary/aromatic N) is 2. The zero-order chi connectivity index (χ0) is 28.8. The lowest BCUT2D eigenvalue weighted by molar-refractivity contribution is -0.165. The van der Waals surface area contributed by atoms with E-state index in [4.69, 9.17) is 14.2 Å². The fraction of sp³-hybridized carbons (Fsp3) is 0.862. The molecular weight excluding hydrogens is 518 g/mol. The number of carbonyl (C=O) groups is 4. The molecule has 6 heterocycles. The van der Waals surface area contributed by atoms with E-state index in [2.05, 4.69) is 5.32 Å². The van der Waals surface area contributed by atoms with Crippen molar-refractivity contribution >= 4 is 23.9 Å². The number of aliphatic carboxylic acids is 1. The summed E-state index contributed by atoms with van der Waals surface area (Å²) in [7, 11) is 0. The molecular formula is C29H43N3O8. The third-order valence-electron chi connectivity index (χ3n) is 10.6. The van der Waals surface area contributed by atoms with E-state index >= 15 is 0 Å². The molecule has 2 N–H and O–H groups in total. The molecule has 0 radical (unpaired) electrons. The summed E-state index contributed by atoms with van der Waals surface area (Å²) in [6, 6.07) is -1.32. The van der Waals surface area contributed by atoms with Gasteiger partial charge in [-0.3, -0.25) is 9.59 Å². The van der Waals surface area contributed by atoms with Crippen LogP contribution in [0.4, 0.5) is 4.79 Å². The van der Waals surface area contributed by atoms with Gasteiger partial charge in [-0.2, -0.15) is 0 Å². The number of amides is 3. The Morgan fingerprint density at radius 2 is 1.80 bits per heavy atom. The smallest absolute Gasteiger partial charge is 0.410 e. The Labute approximate surface area is 235 Å². The molecule has 40 heavy (non-hydrogen) atoms. The second kappa shape index (κ2) is 9.05. The maximum atomic E-state index is 13.8. The number of nitrogens with one attached hydrogen (secondary N) is 1. The van der Waals surface area contributed by atoms with E-state index in [0.29, 0.717) is 32.4 Å². The van der Waals surface area contributed by atoms with Crippen molar-refractivity contribution < 1.29 is 38.5 Å². The average Bonchev–Trinajstić information content (AvgIpc) is 3.21. The summed E-state index contributed by atoms with van der Waals surface area (Å²) >= 11 is 0. The van der Waals surface area contributed by atoms with Crippen molar-refractivity contribution in [2.45, 2.75) is 84.2 Å². The molecule has 1 unspecified atom stereocenters. The van der Waals surface area contributed by atoms with Gasteiger partial charge in [-0.15, -0.1) is 0 Å². The number of carboxylic acid groups (broad SMARTS) is 1. The van der Waals surface area contributed by atoms with Crippen LogP contribution < -0.4 is 5.32 Å². The standard InChI is InChI=1S/C29H43N3O8/c1-26(2,3)40-25(37)31-10-17-22(33)30-20(24(35)36)21(39-15-28-8-6-16(7-9-28)38-14-28)18-19(27(18,4)5)23(34)32-12-29(17,11-31)13-32/h16-21H,6-15H2,1-5H3,(H,30,33)(H,35,36)/t16?,17-,18?,19+,20-,21+,28?/m0/s1. The molecule has 2 saturated carbocycles. The quantitative estimate of drug-likeness (QED) is 0.531. The lowest BCUT2D eigenvalue weighted by atomic mass is 9.71. The van der Waals surface area contributed by atoms with Gasteiger partial charge in [-0.25, -0.2) is 9.59 Å². The third-order valence-corrected chi connectivity index (χ3v) is 10.6. The number of likely N-dealkylation sites (tertiary alicyclic amines) is 1. The predicted octanol–water partition coefficient (Wildman–Crippen LogP) is 1.88. The Hall–Kier alpha value is -2.40. The molecule has 0 aromatic carbocycles. The number of carbonyl (C=O) groups excluding carboxylic acids is 3. The van der Waals surface area contributed by atoms with Crippen LogP contribution >= 0.6 is 0 Å². The maximum absolute atomic E-state index is 13.8. The Kier molecular flexibility index (Phi) is 6.28. The van der Waals surface area contributed by atoms with Crippen molar-refractivity contribution in [3.05, 3.63) is 0 Å². The number of carboxylic acids is 1. The van der Waals surface area contributed by atoms with Gasteiger partial charge in [0.1, 0.15) is 5.60 Å². The highest BCUT2D eigenvalue weighted by Gasteiger charge is 2.70. The Morgan fingerprint density at radius 3 is 2.38 bits per heavy atom. The van der Waals surface area contributed by atoms with E-state index < -0.39 is 58.4 Å². The fourth-order valence-electron chi connectivity index (χ4n) is 8.16. The molecule has 6 aliphatic heterocycles. The lowest BCUT2D eigenvalue weighted by Gasteiger charge is -2.50. The first-order chi connectivity index (χ1) is 18.6. The highest BCUT2D eigenvalue weighted by atomic mass is 16.6. The molecule has 0 aromatic rings. The zero-order valence-electron chi connectivity index (χ0n) is 24.2. The van der Waals surface area contributed by atoms with Crippen LogP contribution in [0.2, 0.25) is 0 Å². The maximum Gasteiger partial charge on any atom is 0.410 e. The topological polar surface area (TPSA) is 135 Å². The van der Waals surface area contributed by atoms with Crippen LogP contribution in [0.15, 0.2) is 0 Å². The monoisotopic (exact) mass is 561 g/mol.